The van der Waals surface area contributed by atoms with Gasteiger partial charge in [-0.2, -0.15) is 21.6 Å². The molecule has 1 spiro atoms. The lowest BCUT2D eigenvalue weighted by Gasteiger charge is -2.39. The predicted octanol–water partition coefficient (Wildman–Crippen LogP) is 4.43. The van der Waals surface area contributed by atoms with Crippen molar-refractivity contribution in [3.05, 3.63) is 41.4 Å². The van der Waals surface area contributed by atoms with Gasteiger partial charge >= 0.3 is 6.18 Å². The Morgan fingerprint density at radius 3 is 2.19 bits per heavy atom. The van der Waals surface area contributed by atoms with Gasteiger partial charge in [-0.1, -0.05) is 17.7 Å². The number of halogens is 4. The molecule has 2 N–H and O–H groups in total. The Morgan fingerprint density at radius 2 is 1.60 bits per heavy atom. The van der Waals surface area contributed by atoms with Crippen LogP contribution in [0, 0.1) is 5.41 Å². The van der Waals surface area contributed by atoms with E-state index in [1.54, 1.807) is 12.1 Å². The summed E-state index contributed by atoms with van der Waals surface area (Å²) in [5.74, 6) is -0.280. The van der Waals surface area contributed by atoms with Gasteiger partial charge in [0.1, 0.15) is 11.6 Å². The Hall–Kier alpha value is -2.77. The number of nitrogens with one attached hydrogen (secondary N) is 1. The van der Waals surface area contributed by atoms with E-state index in [1.807, 2.05) is 6.07 Å². The molecule has 0 unspecified atom stereocenters. The zero-order valence-corrected chi connectivity index (χ0v) is 24.4. The minimum absolute atomic E-state index is 0.130. The standard InChI is InChI=1S/C28H32ClF3N4O5S/c29-19-4-5-20(35-14-10-25(6-7-25)11-15-35)21(18-19)41-26(8-9-26)24(37)34-42(39,40)23-3-1-2-22(33-23)36-16-12-27(38,13-17-36)28(30,31)32/h1-5,18,38H,6-17H2,(H,34,37). The van der Waals surface area contributed by atoms with Crippen LogP contribution in [0.2, 0.25) is 5.02 Å². The number of carbonyl (C=O) groups is 1. The summed E-state index contributed by atoms with van der Waals surface area (Å²) < 4.78 is 74.2. The van der Waals surface area contributed by atoms with Crippen LogP contribution >= 0.6 is 11.6 Å². The number of nitrogens with zero attached hydrogens (tertiary/aromatic N) is 3. The van der Waals surface area contributed by atoms with E-state index >= 15 is 0 Å². The molecule has 2 aliphatic heterocycles. The van der Waals surface area contributed by atoms with Crippen molar-refractivity contribution in [1.82, 2.24) is 9.71 Å². The zero-order valence-electron chi connectivity index (χ0n) is 22.8. The molecule has 4 fully saturated rings. The highest BCUT2D eigenvalue weighted by Gasteiger charge is 2.56. The molecule has 14 heteroatoms. The molecule has 42 heavy (non-hydrogen) atoms. The van der Waals surface area contributed by atoms with E-state index in [0.717, 1.165) is 31.6 Å². The van der Waals surface area contributed by atoms with Gasteiger partial charge in [0.2, 0.25) is 0 Å². The van der Waals surface area contributed by atoms with Gasteiger partial charge < -0.3 is 19.6 Å². The van der Waals surface area contributed by atoms with Gasteiger partial charge in [-0.05, 0) is 55.4 Å². The molecule has 2 saturated heterocycles. The van der Waals surface area contributed by atoms with E-state index in [9.17, 15) is 31.5 Å². The van der Waals surface area contributed by atoms with Gasteiger partial charge in [-0.25, -0.2) is 9.71 Å². The summed E-state index contributed by atoms with van der Waals surface area (Å²) in [6, 6.07) is 9.34. The smallest absolute Gasteiger partial charge is 0.417 e. The van der Waals surface area contributed by atoms with E-state index in [2.05, 4.69) is 14.6 Å². The maximum absolute atomic E-state index is 13.3. The second-order valence-corrected chi connectivity index (χ2v) is 14.0. The van der Waals surface area contributed by atoms with E-state index in [4.69, 9.17) is 16.3 Å². The van der Waals surface area contributed by atoms with Gasteiger partial charge in [-0.3, -0.25) is 4.79 Å². The Morgan fingerprint density at radius 1 is 0.952 bits per heavy atom. The van der Waals surface area contributed by atoms with E-state index in [0.29, 0.717) is 29.0 Å². The Kier molecular flexibility index (Phi) is 7.09. The molecule has 1 amide bonds. The van der Waals surface area contributed by atoms with Gasteiger partial charge in [0.25, 0.3) is 15.9 Å². The average Bonchev–Trinajstić information content (AvgIpc) is 3.87. The number of benzene rings is 1. The number of ether oxygens (including phenoxy) is 1. The summed E-state index contributed by atoms with van der Waals surface area (Å²) in [5.41, 5.74) is -2.89. The number of hydrogen-bond acceptors (Lipinski definition) is 8. The summed E-state index contributed by atoms with van der Waals surface area (Å²) >= 11 is 6.27. The first kappa shape index (κ1) is 29.3. The third-order valence-corrected chi connectivity index (χ3v) is 10.6. The number of alkyl halides is 3. The molecule has 0 bridgehead atoms. The lowest BCUT2D eigenvalue weighted by molar-refractivity contribution is -0.266. The van der Waals surface area contributed by atoms with E-state index in [1.165, 1.54) is 35.9 Å². The van der Waals surface area contributed by atoms with Crippen molar-refractivity contribution >= 4 is 39.0 Å². The highest BCUT2D eigenvalue weighted by molar-refractivity contribution is 7.90. The first-order valence-electron chi connectivity index (χ1n) is 14.1. The molecular formula is C28H32ClF3N4O5S. The molecule has 2 aromatic rings. The molecule has 0 radical (unpaired) electrons. The fourth-order valence-electron chi connectivity index (χ4n) is 5.82. The van der Waals surface area contributed by atoms with Crippen LogP contribution in [0.25, 0.3) is 0 Å². The number of sulfonamides is 1. The molecule has 2 aliphatic carbocycles. The molecule has 2 saturated carbocycles. The Labute approximate surface area is 247 Å². The highest BCUT2D eigenvalue weighted by atomic mass is 35.5. The van der Waals surface area contributed by atoms with Crippen LogP contribution in [0.1, 0.15) is 51.4 Å². The topological polar surface area (TPSA) is 112 Å². The maximum Gasteiger partial charge on any atom is 0.417 e. The van der Waals surface area contributed by atoms with Gasteiger partial charge in [0, 0.05) is 63.0 Å². The number of anilines is 2. The number of aromatic nitrogens is 1. The Bertz CT molecular complexity index is 1480. The molecule has 6 rings (SSSR count). The van der Waals surface area contributed by atoms with Crippen LogP contribution in [-0.4, -0.2) is 68.0 Å². The van der Waals surface area contributed by atoms with Gasteiger partial charge in [0.15, 0.2) is 16.2 Å². The van der Waals surface area contributed by atoms with Crippen molar-refractivity contribution < 1.29 is 36.2 Å². The molecule has 228 valence electrons. The summed E-state index contributed by atoms with van der Waals surface area (Å²) in [6.45, 7) is 1.38. The largest absolute Gasteiger partial charge is 0.475 e. The van der Waals surface area contributed by atoms with Crippen molar-refractivity contribution in [3.63, 3.8) is 0 Å². The summed E-state index contributed by atoms with van der Waals surface area (Å²) in [7, 11) is -4.43. The number of hydrogen-bond donors (Lipinski definition) is 2. The molecule has 3 heterocycles. The van der Waals surface area contributed by atoms with Crippen LogP contribution in [0.4, 0.5) is 24.7 Å². The minimum Gasteiger partial charge on any atom is -0.475 e. The average molecular weight is 629 g/mol. The van der Waals surface area contributed by atoms with E-state index < -0.39 is 51.2 Å². The third-order valence-electron chi connectivity index (χ3n) is 9.12. The van der Waals surface area contributed by atoms with Crippen molar-refractivity contribution in [3.8, 4) is 5.75 Å². The van der Waals surface area contributed by atoms with Crippen LogP contribution in [0.15, 0.2) is 41.4 Å². The van der Waals surface area contributed by atoms with Crippen molar-refractivity contribution in [2.75, 3.05) is 36.0 Å². The molecule has 1 aromatic heterocycles. The van der Waals surface area contributed by atoms with Crippen LogP contribution < -0.4 is 19.3 Å². The van der Waals surface area contributed by atoms with Gasteiger partial charge in [-0.15, -0.1) is 0 Å². The molecule has 1 aromatic carbocycles. The Balaban J connectivity index is 1.14. The molecule has 4 aliphatic rings. The highest BCUT2D eigenvalue weighted by Crippen LogP contribution is 2.54. The molecular weight excluding hydrogens is 597 g/mol. The second kappa shape index (κ2) is 10.2. The van der Waals surface area contributed by atoms with E-state index in [-0.39, 0.29) is 18.9 Å². The first-order valence-corrected chi connectivity index (χ1v) is 15.9. The summed E-state index contributed by atoms with van der Waals surface area (Å²) in [5, 5.41) is 9.91. The second-order valence-electron chi connectivity index (χ2n) is 12.0. The summed E-state index contributed by atoms with van der Waals surface area (Å²) in [6.07, 6.45) is -0.580. The zero-order chi connectivity index (χ0) is 30.0. The summed E-state index contributed by atoms with van der Waals surface area (Å²) in [4.78, 5) is 21.1. The number of rotatable bonds is 7. The number of piperidine rings is 2. The van der Waals surface area contributed by atoms with Gasteiger partial charge in [0.05, 0.1) is 5.69 Å². The minimum atomic E-state index is -4.76. The van der Waals surface area contributed by atoms with Crippen LogP contribution in [0.5, 0.6) is 5.75 Å². The van der Waals surface area contributed by atoms with Crippen molar-refractivity contribution in [2.24, 2.45) is 5.41 Å². The van der Waals surface area contributed by atoms with Crippen molar-refractivity contribution in [2.45, 2.75) is 73.8 Å². The first-order chi connectivity index (χ1) is 19.7. The van der Waals surface area contributed by atoms with Crippen molar-refractivity contribution in [1.29, 1.82) is 0 Å². The third kappa shape index (κ3) is 5.62. The maximum atomic E-state index is 13.3. The fourth-order valence-corrected chi connectivity index (χ4v) is 6.98. The lowest BCUT2D eigenvalue weighted by Crippen LogP contribution is -2.53. The number of carbonyl (C=O) groups excluding carboxylic acids is 1. The fraction of sp³-hybridized carbons (Fsp3) is 0.571. The quantitative estimate of drug-likeness (QED) is 0.464. The predicted molar refractivity (Wildman–Crippen MR) is 149 cm³/mol. The SMILES string of the molecule is O=C(NS(=O)(=O)c1cccc(N2CCC(O)(C(F)(F)F)CC2)n1)C1(Oc2cc(Cl)ccc2N2CCC3(CC2)CC3)CC1. The number of pyridine rings is 1. The molecule has 0 atom stereocenters. The number of aliphatic hydroxyl groups is 1. The molecule has 9 nitrogen and oxygen atoms in total. The monoisotopic (exact) mass is 628 g/mol. The number of amides is 1. The van der Waals surface area contributed by atoms with Crippen LogP contribution in [-0.2, 0) is 14.8 Å². The lowest BCUT2D eigenvalue weighted by atomic mass is 9.91. The normalized spacial score (nSPS) is 22.5. The van der Waals surface area contributed by atoms with Crippen LogP contribution in [0.3, 0.4) is 0 Å².